The summed E-state index contributed by atoms with van der Waals surface area (Å²) < 4.78 is 2.29. The Morgan fingerprint density at radius 1 is 1.30 bits per heavy atom. The number of rotatable bonds is 0. The highest BCUT2D eigenvalue weighted by Gasteiger charge is 1.96. The Labute approximate surface area is 70.0 Å². The molecule has 2 heterocycles. The molecule has 0 saturated carbocycles. The molecule has 10 heavy (non-hydrogen) atoms. The molecule has 0 aliphatic rings. The third kappa shape index (κ3) is 0.932. The molecule has 0 unspecified atom stereocenters. The van der Waals surface area contributed by atoms with Gasteiger partial charge in [-0.15, -0.1) is 11.3 Å². The molecule has 0 atom stereocenters. The molecule has 0 spiro atoms. The lowest BCUT2D eigenvalue weighted by Gasteiger charge is -1.80. The van der Waals surface area contributed by atoms with Crippen LogP contribution >= 0.6 is 27.3 Å². The summed E-state index contributed by atoms with van der Waals surface area (Å²) in [7, 11) is 0. The maximum Gasteiger partial charge on any atom is 0.0712 e. The molecule has 0 bridgehead atoms. The fourth-order valence-corrected chi connectivity index (χ4v) is 2.27. The third-order valence-corrected chi connectivity index (χ3v) is 2.79. The lowest BCUT2D eigenvalue weighted by molar-refractivity contribution is 1.05. The molecule has 0 radical (unpaired) electrons. The van der Waals surface area contributed by atoms with E-state index in [0.29, 0.717) is 0 Å². The number of hydrogen-bond acceptors (Lipinski definition) is 3. The van der Waals surface area contributed by atoms with Crippen LogP contribution in [0.5, 0.6) is 0 Å². The molecular formula is C6H3BrN2S. The van der Waals surface area contributed by atoms with Gasteiger partial charge in [0.15, 0.2) is 0 Å². The van der Waals surface area contributed by atoms with Crippen molar-refractivity contribution in [3.8, 4) is 0 Å². The molecule has 2 aromatic rings. The van der Waals surface area contributed by atoms with Crippen molar-refractivity contribution in [2.24, 2.45) is 0 Å². The Kier molecular flexibility index (Phi) is 1.43. The fourth-order valence-electron chi connectivity index (χ4n) is 0.770. The number of aromatic nitrogens is 2. The van der Waals surface area contributed by atoms with Crippen LogP contribution in [0.15, 0.2) is 22.2 Å². The first-order chi connectivity index (χ1) is 4.86. The Balaban J connectivity index is 2.88. The SMILES string of the molecule is Brc1cc2cnncc2s1. The van der Waals surface area contributed by atoms with Crippen LogP contribution in [0, 0.1) is 0 Å². The minimum absolute atomic E-state index is 1.12. The molecule has 0 N–H and O–H groups in total. The number of hydrogen-bond donors (Lipinski definition) is 0. The molecule has 2 nitrogen and oxygen atoms in total. The molecule has 0 saturated heterocycles. The van der Waals surface area contributed by atoms with Crippen LogP contribution in [0.3, 0.4) is 0 Å². The van der Waals surface area contributed by atoms with Gasteiger partial charge in [0.05, 0.1) is 20.9 Å². The van der Waals surface area contributed by atoms with E-state index in [1.807, 2.05) is 6.07 Å². The Bertz CT molecular complexity index is 324. The summed E-state index contributed by atoms with van der Waals surface area (Å²) in [5.74, 6) is 0. The van der Waals surface area contributed by atoms with Crippen LogP contribution in [0.2, 0.25) is 0 Å². The van der Waals surface area contributed by atoms with Gasteiger partial charge in [-0.25, -0.2) is 0 Å². The van der Waals surface area contributed by atoms with Crippen molar-refractivity contribution in [1.29, 1.82) is 0 Å². The minimum atomic E-state index is 1.12. The average molecular weight is 215 g/mol. The van der Waals surface area contributed by atoms with Gasteiger partial charge in [0, 0.05) is 5.39 Å². The van der Waals surface area contributed by atoms with Gasteiger partial charge in [0.1, 0.15) is 0 Å². The monoisotopic (exact) mass is 214 g/mol. The summed E-state index contributed by atoms with van der Waals surface area (Å²) in [5.41, 5.74) is 0. The number of nitrogens with zero attached hydrogens (tertiary/aromatic N) is 2. The van der Waals surface area contributed by atoms with E-state index in [2.05, 4.69) is 26.1 Å². The second-order valence-electron chi connectivity index (χ2n) is 1.86. The predicted molar refractivity (Wildman–Crippen MR) is 45.1 cm³/mol. The van der Waals surface area contributed by atoms with Crippen molar-refractivity contribution < 1.29 is 0 Å². The molecule has 0 amide bonds. The van der Waals surface area contributed by atoms with Crippen LogP contribution in [-0.4, -0.2) is 10.2 Å². The van der Waals surface area contributed by atoms with Crippen LogP contribution in [0.1, 0.15) is 0 Å². The molecule has 4 heteroatoms. The zero-order valence-electron chi connectivity index (χ0n) is 4.91. The van der Waals surface area contributed by atoms with Gasteiger partial charge >= 0.3 is 0 Å². The number of fused-ring (bicyclic) bond motifs is 1. The maximum absolute atomic E-state index is 3.77. The van der Waals surface area contributed by atoms with Crippen LogP contribution in [0.4, 0.5) is 0 Å². The van der Waals surface area contributed by atoms with Gasteiger partial charge < -0.3 is 0 Å². The second kappa shape index (κ2) is 2.29. The summed E-state index contributed by atoms with van der Waals surface area (Å²) in [6, 6.07) is 2.04. The summed E-state index contributed by atoms with van der Waals surface area (Å²) in [4.78, 5) is 0. The summed E-state index contributed by atoms with van der Waals surface area (Å²) in [5, 5.41) is 8.67. The summed E-state index contributed by atoms with van der Waals surface area (Å²) in [6.45, 7) is 0. The lowest BCUT2D eigenvalue weighted by Crippen LogP contribution is -1.73. The van der Waals surface area contributed by atoms with Crippen LogP contribution in [0.25, 0.3) is 10.1 Å². The Hall–Kier alpha value is -0.480. The quantitative estimate of drug-likeness (QED) is 0.674. The van der Waals surface area contributed by atoms with E-state index < -0.39 is 0 Å². The van der Waals surface area contributed by atoms with E-state index in [0.717, 1.165) is 9.17 Å². The first kappa shape index (κ1) is 6.24. The normalized spacial score (nSPS) is 10.5. The molecule has 50 valence electrons. The Morgan fingerprint density at radius 2 is 2.10 bits per heavy atom. The Morgan fingerprint density at radius 3 is 2.90 bits per heavy atom. The number of thiophene rings is 1. The van der Waals surface area contributed by atoms with Gasteiger partial charge in [-0.2, -0.15) is 10.2 Å². The van der Waals surface area contributed by atoms with Crippen LogP contribution in [-0.2, 0) is 0 Å². The van der Waals surface area contributed by atoms with E-state index >= 15 is 0 Å². The van der Waals surface area contributed by atoms with Gasteiger partial charge in [-0.3, -0.25) is 0 Å². The first-order valence-corrected chi connectivity index (χ1v) is 4.33. The van der Waals surface area contributed by atoms with E-state index in [9.17, 15) is 0 Å². The highest BCUT2D eigenvalue weighted by Crippen LogP contribution is 2.27. The predicted octanol–water partition coefficient (Wildman–Crippen LogP) is 2.45. The second-order valence-corrected chi connectivity index (χ2v) is 4.32. The topological polar surface area (TPSA) is 25.8 Å². The van der Waals surface area contributed by atoms with E-state index in [1.54, 1.807) is 23.7 Å². The van der Waals surface area contributed by atoms with E-state index in [1.165, 1.54) is 4.70 Å². The molecule has 2 rings (SSSR count). The van der Waals surface area contributed by atoms with Gasteiger partial charge in [0.2, 0.25) is 0 Å². The molecule has 0 aromatic carbocycles. The molecule has 0 aliphatic carbocycles. The summed E-state index contributed by atoms with van der Waals surface area (Å²) >= 11 is 5.05. The molecule has 0 aliphatic heterocycles. The standard InChI is InChI=1S/C6H3BrN2S/c7-6-1-4-2-8-9-3-5(4)10-6/h1-3H. The maximum atomic E-state index is 3.77. The van der Waals surface area contributed by atoms with Crippen molar-refractivity contribution in [3.05, 3.63) is 22.2 Å². The average Bonchev–Trinajstić information content (AvgIpc) is 2.27. The van der Waals surface area contributed by atoms with Gasteiger partial charge in [-0.1, -0.05) is 0 Å². The first-order valence-electron chi connectivity index (χ1n) is 2.72. The van der Waals surface area contributed by atoms with E-state index in [-0.39, 0.29) is 0 Å². The zero-order chi connectivity index (χ0) is 6.97. The lowest BCUT2D eigenvalue weighted by atomic mass is 10.4. The zero-order valence-corrected chi connectivity index (χ0v) is 7.32. The van der Waals surface area contributed by atoms with Crippen molar-refractivity contribution in [1.82, 2.24) is 10.2 Å². The van der Waals surface area contributed by atoms with E-state index in [4.69, 9.17) is 0 Å². The van der Waals surface area contributed by atoms with Crippen LogP contribution < -0.4 is 0 Å². The smallest absolute Gasteiger partial charge is 0.0712 e. The highest BCUT2D eigenvalue weighted by atomic mass is 79.9. The van der Waals surface area contributed by atoms with Crippen molar-refractivity contribution in [2.45, 2.75) is 0 Å². The molecule has 2 aromatic heterocycles. The highest BCUT2D eigenvalue weighted by molar-refractivity contribution is 9.11. The largest absolute Gasteiger partial charge is 0.158 e. The van der Waals surface area contributed by atoms with Crippen molar-refractivity contribution in [3.63, 3.8) is 0 Å². The molecule has 0 fully saturated rings. The molecular weight excluding hydrogens is 212 g/mol. The van der Waals surface area contributed by atoms with Crippen molar-refractivity contribution >= 4 is 37.4 Å². The van der Waals surface area contributed by atoms with Crippen molar-refractivity contribution in [2.75, 3.05) is 0 Å². The minimum Gasteiger partial charge on any atom is -0.158 e. The van der Waals surface area contributed by atoms with Gasteiger partial charge in [-0.05, 0) is 22.0 Å². The number of halogens is 1. The third-order valence-electron chi connectivity index (χ3n) is 1.20. The van der Waals surface area contributed by atoms with Gasteiger partial charge in [0.25, 0.3) is 0 Å². The fraction of sp³-hybridized carbons (Fsp3) is 0. The summed E-state index contributed by atoms with van der Waals surface area (Å²) in [6.07, 6.45) is 3.53.